The van der Waals surface area contributed by atoms with Crippen molar-refractivity contribution in [1.82, 2.24) is 14.9 Å². The Morgan fingerprint density at radius 2 is 1.83 bits per heavy atom. The number of ether oxygens (including phenoxy) is 1. The van der Waals surface area contributed by atoms with E-state index >= 15 is 0 Å². The first kappa shape index (κ1) is 26.5. The minimum absolute atomic E-state index is 0. The molecular weight excluding hydrogens is 539 g/mol. The molecule has 0 atom stereocenters. The highest BCUT2D eigenvalue weighted by Crippen LogP contribution is 2.22. The minimum atomic E-state index is -3.52. The standard InChI is InChI=1S/C20H27ClN4O3S.HI/c1-22-20(23-12-11-15-9-10-17(28-4)13-18(15)21)24-14-16-7-5-6-8-19(16)29(26,27)25(2)3;/h5-10,13H,11-12,14H2,1-4H3,(H2,22,23,24);1H. The number of hydrogen-bond acceptors (Lipinski definition) is 4. The quantitative estimate of drug-likeness (QED) is 0.292. The molecule has 2 N–H and O–H groups in total. The highest BCUT2D eigenvalue weighted by molar-refractivity contribution is 14.0. The Morgan fingerprint density at radius 3 is 2.43 bits per heavy atom. The number of nitrogens with zero attached hydrogens (tertiary/aromatic N) is 2. The van der Waals surface area contributed by atoms with Crippen LogP contribution in [-0.4, -0.2) is 53.5 Å². The topological polar surface area (TPSA) is 83.0 Å². The van der Waals surface area contributed by atoms with Crippen molar-refractivity contribution < 1.29 is 13.2 Å². The monoisotopic (exact) mass is 566 g/mol. The second-order valence-corrected chi connectivity index (χ2v) is 8.98. The summed E-state index contributed by atoms with van der Waals surface area (Å²) in [5, 5.41) is 7.02. The van der Waals surface area contributed by atoms with Crippen LogP contribution in [0.25, 0.3) is 0 Å². The van der Waals surface area contributed by atoms with E-state index in [4.69, 9.17) is 16.3 Å². The lowest BCUT2D eigenvalue weighted by Crippen LogP contribution is -2.38. The molecule has 166 valence electrons. The van der Waals surface area contributed by atoms with Gasteiger partial charge in [0.05, 0.1) is 12.0 Å². The lowest BCUT2D eigenvalue weighted by molar-refractivity contribution is 0.414. The van der Waals surface area contributed by atoms with Crippen molar-refractivity contribution in [2.24, 2.45) is 4.99 Å². The smallest absolute Gasteiger partial charge is 0.242 e. The molecule has 0 radical (unpaired) electrons. The molecule has 2 aromatic rings. The van der Waals surface area contributed by atoms with Crippen LogP contribution in [0.15, 0.2) is 52.4 Å². The van der Waals surface area contributed by atoms with Gasteiger partial charge in [0.25, 0.3) is 0 Å². The van der Waals surface area contributed by atoms with Crippen molar-refractivity contribution in [3.05, 3.63) is 58.6 Å². The van der Waals surface area contributed by atoms with Crippen LogP contribution in [0.1, 0.15) is 11.1 Å². The van der Waals surface area contributed by atoms with Crippen LogP contribution in [0, 0.1) is 0 Å². The van der Waals surface area contributed by atoms with E-state index in [2.05, 4.69) is 15.6 Å². The van der Waals surface area contributed by atoms with E-state index in [0.717, 1.165) is 11.3 Å². The van der Waals surface area contributed by atoms with E-state index < -0.39 is 10.0 Å². The van der Waals surface area contributed by atoms with E-state index in [1.807, 2.05) is 18.2 Å². The van der Waals surface area contributed by atoms with Crippen LogP contribution in [0.2, 0.25) is 5.02 Å². The maximum absolute atomic E-state index is 12.5. The average molecular weight is 567 g/mol. The summed E-state index contributed by atoms with van der Waals surface area (Å²) in [5.74, 6) is 1.29. The Morgan fingerprint density at radius 1 is 1.13 bits per heavy atom. The highest BCUT2D eigenvalue weighted by Gasteiger charge is 2.20. The molecule has 0 aliphatic heterocycles. The summed E-state index contributed by atoms with van der Waals surface area (Å²) in [6.45, 7) is 0.940. The summed E-state index contributed by atoms with van der Waals surface area (Å²) in [6, 6.07) is 12.5. The van der Waals surface area contributed by atoms with Gasteiger partial charge in [-0.25, -0.2) is 12.7 Å². The number of sulfonamides is 1. The number of nitrogens with one attached hydrogen (secondary N) is 2. The lowest BCUT2D eigenvalue weighted by atomic mass is 10.1. The van der Waals surface area contributed by atoms with Crippen molar-refractivity contribution in [3.63, 3.8) is 0 Å². The molecule has 0 aliphatic carbocycles. The van der Waals surface area contributed by atoms with Crippen LogP contribution >= 0.6 is 35.6 Å². The van der Waals surface area contributed by atoms with Gasteiger partial charge in [-0.05, 0) is 35.7 Å². The van der Waals surface area contributed by atoms with Crippen LogP contribution in [0.5, 0.6) is 5.75 Å². The Kier molecular flexibility index (Phi) is 10.9. The summed E-state index contributed by atoms with van der Waals surface area (Å²) < 4.78 is 31.4. The van der Waals surface area contributed by atoms with Crippen LogP contribution in [-0.2, 0) is 23.0 Å². The summed E-state index contributed by atoms with van der Waals surface area (Å²) in [7, 11) is 2.79. The zero-order chi connectivity index (χ0) is 21.4. The predicted molar refractivity (Wildman–Crippen MR) is 133 cm³/mol. The van der Waals surface area contributed by atoms with Crippen molar-refractivity contribution in [1.29, 1.82) is 0 Å². The zero-order valence-corrected chi connectivity index (χ0v) is 21.4. The fourth-order valence-electron chi connectivity index (χ4n) is 2.67. The highest BCUT2D eigenvalue weighted by atomic mass is 127. The summed E-state index contributed by atoms with van der Waals surface area (Å²) in [5.41, 5.74) is 1.67. The maximum atomic E-state index is 12.5. The number of aliphatic imine (C=N–C) groups is 1. The molecule has 0 heterocycles. The first-order valence-corrected chi connectivity index (χ1v) is 10.9. The van der Waals surface area contributed by atoms with Gasteiger partial charge in [0.15, 0.2) is 5.96 Å². The molecule has 10 heteroatoms. The number of rotatable bonds is 8. The third-order valence-electron chi connectivity index (χ3n) is 4.35. The van der Waals surface area contributed by atoms with Gasteiger partial charge in [-0.15, -0.1) is 24.0 Å². The van der Waals surface area contributed by atoms with Gasteiger partial charge >= 0.3 is 0 Å². The number of hydrogen-bond donors (Lipinski definition) is 2. The average Bonchev–Trinajstić information content (AvgIpc) is 2.71. The molecule has 0 saturated heterocycles. The third kappa shape index (κ3) is 7.00. The molecule has 0 aliphatic rings. The van der Waals surface area contributed by atoms with E-state index in [1.54, 1.807) is 38.4 Å². The molecule has 30 heavy (non-hydrogen) atoms. The summed E-state index contributed by atoms with van der Waals surface area (Å²) in [4.78, 5) is 4.47. The predicted octanol–water partition coefficient (Wildman–Crippen LogP) is 3.12. The zero-order valence-electron chi connectivity index (χ0n) is 17.5. The molecule has 0 amide bonds. The van der Waals surface area contributed by atoms with Crippen molar-refractivity contribution in [3.8, 4) is 5.75 Å². The van der Waals surface area contributed by atoms with E-state index in [1.165, 1.54) is 18.4 Å². The molecule has 0 spiro atoms. The molecule has 2 aromatic carbocycles. The van der Waals surface area contributed by atoms with Crippen LogP contribution in [0.4, 0.5) is 0 Å². The van der Waals surface area contributed by atoms with E-state index in [9.17, 15) is 8.42 Å². The number of methoxy groups -OCH3 is 1. The SMILES string of the molecule is CN=C(NCCc1ccc(OC)cc1Cl)NCc1ccccc1S(=O)(=O)N(C)C.I. The van der Waals surface area contributed by atoms with Crippen LogP contribution < -0.4 is 15.4 Å². The number of benzene rings is 2. The second-order valence-electron chi connectivity index (χ2n) is 6.46. The molecule has 0 saturated carbocycles. The van der Waals surface area contributed by atoms with Gasteiger partial charge < -0.3 is 15.4 Å². The largest absolute Gasteiger partial charge is 0.497 e. The Hall–Kier alpha value is -1.56. The Bertz CT molecular complexity index is 968. The molecule has 7 nitrogen and oxygen atoms in total. The molecule has 0 bridgehead atoms. The van der Waals surface area contributed by atoms with Crippen LogP contribution in [0.3, 0.4) is 0 Å². The molecule has 2 rings (SSSR count). The molecule has 0 aromatic heterocycles. The van der Waals surface area contributed by atoms with E-state index in [-0.39, 0.29) is 28.9 Å². The third-order valence-corrected chi connectivity index (χ3v) is 6.62. The fraction of sp³-hybridized carbons (Fsp3) is 0.350. The minimum Gasteiger partial charge on any atom is -0.497 e. The van der Waals surface area contributed by atoms with Gasteiger partial charge in [-0.3, -0.25) is 4.99 Å². The maximum Gasteiger partial charge on any atom is 0.242 e. The van der Waals surface area contributed by atoms with Gasteiger partial charge in [0.2, 0.25) is 10.0 Å². The lowest BCUT2D eigenvalue weighted by Gasteiger charge is -2.17. The van der Waals surface area contributed by atoms with Crippen molar-refractivity contribution in [2.75, 3.05) is 34.8 Å². The molecule has 0 fully saturated rings. The summed E-state index contributed by atoms with van der Waals surface area (Å²) in [6.07, 6.45) is 0.703. The van der Waals surface area contributed by atoms with Gasteiger partial charge in [-0.1, -0.05) is 35.9 Å². The fourth-order valence-corrected chi connectivity index (χ4v) is 4.05. The Labute approximate surface area is 200 Å². The molecular formula is C20H28ClIN4O3S. The number of halogens is 2. The van der Waals surface area contributed by atoms with Gasteiger partial charge in [-0.2, -0.15) is 0 Å². The number of guanidine groups is 1. The first-order valence-electron chi connectivity index (χ1n) is 9.07. The first-order chi connectivity index (χ1) is 13.8. The van der Waals surface area contributed by atoms with Crippen molar-refractivity contribution in [2.45, 2.75) is 17.9 Å². The Balaban J connectivity index is 0.00000450. The summed E-state index contributed by atoms with van der Waals surface area (Å²) >= 11 is 6.27. The second kappa shape index (κ2) is 12.3. The van der Waals surface area contributed by atoms with Crippen molar-refractivity contribution >= 4 is 51.6 Å². The van der Waals surface area contributed by atoms with Gasteiger partial charge in [0.1, 0.15) is 5.75 Å². The molecule has 0 unspecified atom stereocenters. The van der Waals surface area contributed by atoms with E-state index in [0.29, 0.717) is 36.1 Å². The normalized spacial score (nSPS) is 11.7. The van der Waals surface area contributed by atoms with Gasteiger partial charge in [0, 0.05) is 39.3 Å².